The third-order valence-corrected chi connectivity index (χ3v) is 5.16. The lowest BCUT2D eigenvalue weighted by Gasteiger charge is -2.05. The van der Waals surface area contributed by atoms with Crippen molar-refractivity contribution in [2.45, 2.75) is 6.92 Å². The number of carbonyl (C=O) groups is 1. The van der Waals surface area contributed by atoms with Gasteiger partial charge in [0.15, 0.2) is 0 Å². The molecule has 25 heavy (non-hydrogen) atoms. The van der Waals surface area contributed by atoms with Gasteiger partial charge in [-0.1, -0.05) is 6.07 Å². The lowest BCUT2D eigenvalue weighted by atomic mass is 10.1. The second kappa shape index (κ2) is 6.27. The standard InChI is InChI=1S/C18H11NO4S2/c1-10-19-14(9-25-10)13-7-11-4-5-12(8-15(11)23-17(13)20)22-18(21)16-3-2-6-24-16/h2-9H,1H3. The molecule has 5 nitrogen and oxygen atoms in total. The van der Waals surface area contributed by atoms with Gasteiger partial charge in [-0.15, -0.1) is 22.7 Å². The van der Waals surface area contributed by atoms with Gasteiger partial charge in [0.2, 0.25) is 0 Å². The molecule has 0 saturated heterocycles. The van der Waals surface area contributed by atoms with Crippen LogP contribution in [0.2, 0.25) is 0 Å². The van der Waals surface area contributed by atoms with Gasteiger partial charge in [-0.2, -0.15) is 0 Å². The Morgan fingerprint density at radius 3 is 2.80 bits per heavy atom. The highest BCUT2D eigenvalue weighted by Gasteiger charge is 2.13. The first-order valence-corrected chi connectivity index (χ1v) is 9.12. The molecule has 3 aromatic heterocycles. The molecule has 0 bridgehead atoms. The number of carbonyl (C=O) groups excluding carboxylic acids is 1. The predicted molar refractivity (Wildman–Crippen MR) is 97.6 cm³/mol. The Labute approximate surface area is 150 Å². The smallest absolute Gasteiger partial charge is 0.353 e. The van der Waals surface area contributed by atoms with Crippen LogP contribution in [0.1, 0.15) is 14.7 Å². The van der Waals surface area contributed by atoms with E-state index in [0.717, 1.165) is 10.4 Å². The van der Waals surface area contributed by atoms with E-state index in [9.17, 15) is 9.59 Å². The van der Waals surface area contributed by atoms with E-state index in [4.69, 9.17) is 9.15 Å². The largest absolute Gasteiger partial charge is 0.422 e. The Hall–Kier alpha value is -2.77. The molecule has 7 heteroatoms. The molecule has 0 spiro atoms. The highest BCUT2D eigenvalue weighted by molar-refractivity contribution is 7.12. The van der Waals surface area contributed by atoms with Crippen molar-refractivity contribution in [2.24, 2.45) is 0 Å². The van der Waals surface area contributed by atoms with Gasteiger partial charge in [-0.3, -0.25) is 0 Å². The number of thiazole rings is 1. The van der Waals surface area contributed by atoms with E-state index in [1.165, 1.54) is 28.7 Å². The summed E-state index contributed by atoms with van der Waals surface area (Å²) >= 11 is 2.78. The SMILES string of the molecule is Cc1nc(-c2cc3ccc(OC(=O)c4cccs4)cc3oc2=O)cs1. The monoisotopic (exact) mass is 369 g/mol. The molecule has 1 aromatic carbocycles. The van der Waals surface area contributed by atoms with Crippen molar-refractivity contribution in [1.29, 1.82) is 0 Å². The molecule has 0 unspecified atom stereocenters. The van der Waals surface area contributed by atoms with Crippen LogP contribution in [0.15, 0.2) is 56.4 Å². The third kappa shape index (κ3) is 3.11. The molecule has 0 aliphatic heterocycles. The molecule has 124 valence electrons. The van der Waals surface area contributed by atoms with Crippen LogP contribution in [-0.2, 0) is 0 Å². The van der Waals surface area contributed by atoms with E-state index in [2.05, 4.69) is 4.98 Å². The van der Waals surface area contributed by atoms with Crippen molar-refractivity contribution >= 4 is 39.6 Å². The van der Waals surface area contributed by atoms with Gasteiger partial charge in [0.1, 0.15) is 16.2 Å². The summed E-state index contributed by atoms with van der Waals surface area (Å²) < 4.78 is 10.7. The molecule has 0 aliphatic carbocycles. The third-order valence-electron chi connectivity index (χ3n) is 3.54. The summed E-state index contributed by atoms with van der Waals surface area (Å²) in [7, 11) is 0. The summed E-state index contributed by atoms with van der Waals surface area (Å²) in [6, 6.07) is 10.2. The van der Waals surface area contributed by atoms with Gasteiger partial charge < -0.3 is 9.15 Å². The molecular formula is C18H11NO4S2. The Balaban J connectivity index is 1.70. The highest BCUT2D eigenvalue weighted by atomic mass is 32.1. The number of thiophene rings is 1. The molecule has 4 aromatic rings. The Bertz CT molecular complexity index is 1130. The quantitative estimate of drug-likeness (QED) is 0.302. The van der Waals surface area contributed by atoms with Crippen LogP contribution in [-0.4, -0.2) is 11.0 Å². The first-order valence-electron chi connectivity index (χ1n) is 7.36. The minimum atomic E-state index is -0.473. The fourth-order valence-corrected chi connectivity index (χ4v) is 3.58. The lowest BCUT2D eigenvalue weighted by molar-refractivity contribution is 0.0740. The van der Waals surface area contributed by atoms with Crippen LogP contribution < -0.4 is 10.4 Å². The molecular weight excluding hydrogens is 358 g/mol. The van der Waals surface area contributed by atoms with Crippen LogP contribution in [0.3, 0.4) is 0 Å². The maximum absolute atomic E-state index is 12.3. The van der Waals surface area contributed by atoms with E-state index >= 15 is 0 Å². The van der Waals surface area contributed by atoms with E-state index in [-0.39, 0.29) is 0 Å². The molecule has 0 saturated carbocycles. The molecule has 0 amide bonds. The van der Waals surface area contributed by atoms with Crippen molar-refractivity contribution in [3.8, 4) is 17.0 Å². The summed E-state index contributed by atoms with van der Waals surface area (Å²) in [5, 5.41) is 5.24. The summed E-state index contributed by atoms with van der Waals surface area (Å²) in [5.74, 6) is -0.113. The van der Waals surface area contributed by atoms with Gasteiger partial charge in [0.25, 0.3) is 0 Å². The van der Waals surface area contributed by atoms with Gasteiger partial charge >= 0.3 is 11.6 Å². The molecule has 0 atom stereocenters. The average Bonchev–Trinajstić information content (AvgIpc) is 3.26. The molecule has 0 radical (unpaired) electrons. The minimum absolute atomic E-state index is 0.325. The number of hydrogen-bond acceptors (Lipinski definition) is 7. The summed E-state index contributed by atoms with van der Waals surface area (Å²) in [4.78, 5) is 29.1. The number of fused-ring (bicyclic) bond motifs is 1. The second-order valence-corrected chi connectivity index (χ2v) is 7.28. The van der Waals surface area contributed by atoms with E-state index in [1.807, 2.05) is 12.3 Å². The molecule has 4 rings (SSSR count). The van der Waals surface area contributed by atoms with Crippen molar-refractivity contribution in [2.75, 3.05) is 0 Å². The van der Waals surface area contributed by atoms with E-state index < -0.39 is 11.6 Å². The summed E-state index contributed by atoms with van der Waals surface area (Å²) in [5.41, 5.74) is 0.906. The predicted octanol–water partition coefficient (Wildman–Crippen LogP) is 4.51. The summed E-state index contributed by atoms with van der Waals surface area (Å²) in [6.07, 6.45) is 0. The van der Waals surface area contributed by atoms with Crippen molar-refractivity contribution < 1.29 is 13.9 Å². The van der Waals surface area contributed by atoms with Crippen molar-refractivity contribution in [3.05, 3.63) is 67.5 Å². The average molecular weight is 369 g/mol. The topological polar surface area (TPSA) is 69.4 Å². The zero-order chi connectivity index (χ0) is 17.4. The van der Waals surface area contributed by atoms with Crippen LogP contribution in [0, 0.1) is 6.92 Å². The van der Waals surface area contributed by atoms with Gasteiger partial charge in [-0.25, -0.2) is 14.6 Å². The fourth-order valence-electron chi connectivity index (χ4n) is 2.37. The van der Waals surface area contributed by atoms with Gasteiger partial charge in [-0.05, 0) is 36.6 Å². The van der Waals surface area contributed by atoms with Crippen molar-refractivity contribution in [3.63, 3.8) is 0 Å². The van der Waals surface area contributed by atoms with E-state index in [0.29, 0.717) is 27.5 Å². The number of esters is 1. The Morgan fingerprint density at radius 1 is 1.20 bits per heavy atom. The molecule has 0 aliphatic rings. The highest BCUT2D eigenvalue weighted by Crippen LogP contribution is 2.26. The normalized spacial score (nSPS) is 10.9. The van der Waals surface area contributed by atoms with Crippen molar-refractivity contribution in [1.82, 2.24) is 4.98 Å². The molecule has 3 heterocycles. The Morgan fingerprint density at radius 2 is 2.08 bits per heavy atom. The Kier molecular flexibility index (Phi) is 3.95. The first-order chi connectivity index (χ1) is 12.1. The van der Waals surface area contributed by atoms with E-state index in [1.54, 1.807) is 35.7 Å². The lowest BCUT2D eigenvalue weighted by Crippen LogP contribution is -2.06. The zero-order valence-corrected chi connectivity index (χ0v) is 14.6. The number of nitrogens with zero attached hydrogens (tertiary/aromatic N) is 1. The fraction of sp³-hybridized carbons (Fsp3) is 0.0556. The molecule has 0 N–H and O–H groups in total. The summed E-state index contributed by atoms with van der Waals surface area (Å²) in [6.45, 7) is 1.88. The first kappa shape index (κ1) is 15.7. The number of aryl methyl sites for hydroxylation is 1. The van der Waals surface area contributed by atoms with Gasteiger partial charge in [0.05, 0.1) is 16.3 Å². The number of ether oxygens (including phenoxy) is 1. The maximum Gasteiger partial charge on any atom is 0.353 e. The minimum Gasteiger partial charge on any atom is -0.422 e. The second-order valence-electron chi connectivity index (χ2n) is 5.27. The van der Waals surface area contributed by atoms with Gasteiger partial charge in [0, 0.05) is 16.8 Å². The van der Waals surface area contributed by atoms with Crippen LogP contribution in [0.5, 0.6) is 5.75 Å². The number of aromatic nitrogens is 1. The maximum atomic E-state index is 12.3. The molecule has 0 fully saturated rings. The number of hydrogen-bond donors (Lipinski definition) is 0. The number of benzene rings is 1. The number of rotatable bonds is 3. The van der Waals surface area contributed by atoms with Crippen LogP contribution >= 0.6 is 22.7 Å². The van der Waals surface area contributed by atoms with Crippen LogP contribution in [0.4, 0.5) is 0 Å². The van der Waals surface area contributed by atoms with Crippen LogP contribution in [0.25, 0.3) is 22.2 Å². The zero-order valence-electron chi connectivity index (χ0n) is 13.0.